The number of hydrogen-bond acceptors (Lipinski definition) is 4. The molecule has 2 aromatic carbocycles. The Morgan fingerprint density at radius 3 is 2.19 bits per heavy atom. The van der Waals surface area contributed by atoms with E-state index in [1.165, 1.54) is 0 Å². The first-order valence-corrected chi connectivity index (χ1v) is 10.6. The highest BCUT2D eigenvalue weighted by atomic mass is 16.2. The van der Waals surface area contributed by atoms with Gasteiger partial charge < -0.3 is 20.4 Å². The van der Waals surface area contributed by atoms with E-state index in [1.54, 1.807) is 48.2 Å². The van der Waals surface area contributed by atoms with Crippen LogP contribution in [0.4, 0.5) is 11.4 Å². The van der Waals surface area contributed by atoms with Crippen molar-refractivity contribution in [2.24, 2.45) is 0 Å². The zero-order valence-corrected chi connectivity index (χ0v) is 18.8. The number of carbonyl (C=O) groups is 3. The van der Waals surface area contributed by atoms with Gasteiger partial charge in [-0.1, -0.05) is 12.1 Å². The molecule has 2 N–H and O–H groups in total. The summed E-state index contributed by atoms with van der Waals surface area (Å²) in [4.78, 5) is 39.7. The van der Waals surface area contributed by atoms with E-state index >= 15 is 0 Å². The van der Waals surface area contributed by atoms with Crippen molar-refractivity contribution >= 4 is 29.1 Å². The van der Waals surface area contributed by atoms with Gasteiger partial charge in [0.25, 0.3) is 5.91 Å². The number of rotatable bonds is 10. The van der Waals surface area contributed by atoms with Crippen LogP contribution in [-0.4, -0.2) is 61.3 Å². The molecule has 2 rings (SSSR count). The number of amides is 3. The molecule has 0 aliphatic heterocycles. The molecule has 0 atom stereocenters. The van der Waals surface area contributed by atoms with Gasteiger partial charge in [0.15, 0.2) is 0 Å². The fourth-order valence-corrected chi connectivity index (χ4v) is 3.09. The Morgan fingerprint density at radius 2 is 1.58 bits per heavy atom. The molecule has 0 heterocycles. The average Bonchev–Trinajstić information content (AvgIpc) is 2.77. The van der Waals surface area contributed by atoms with Crippen molar-refractivity contribution in [1.29, 1.82) is 0 Å². The molecular weight excluding hydrogens is 392 g/mol. The van der Waals surface area contributed by atoms with Crippen molar-refractivity contribution in [3.8, 4) is 0 Å². The van der Waals surface area contributed by atoms with Crippen LogP contribution in [0, 0.1) is 0 Å². The van der Waals surface area contributed by atoms with Crippen LogP contribution in [-0.2, 0) is 16.0 Å². The van der Waals surface area contributed by atoms with E-state index in [4.69, 9.17) is 0 Å². The third-order valence-corrected chi connectivity index (χ3v) is 4.97. The minimum atomic E-state index is -0.176. The first kappa shape index (κ1) is 23.9. The summed E-state index contributed by atoms with van der Waals surface area (Å²) < 4.78 is 0. The average molecular weight is 425 g/mol. The van der Waals surface area contributed by atoms with Gasteiger partial charge in [0.2, 0.25) is 11.8 Å². The first-order valence-electron chi connectivity index (χ1n) is 10.6. The Balaban J connectivity index is 1.86. The zero-order chi connectivity index (χ0) is 22.8. The van der Waals surface area contributed by atoms with Crippen LogP contribution in [0.3, 0.4) is 0 Å². The monoisotopic (exact) mass is 424 g/mol. The van der Waals surface area contributed by atoms with E-state index in [9.17, 15) is 14.4 Å². The largest absolute Gasteiger partial charge is 0.376 e. The van der Waals surface area contributed by atoms with Crippen molar-refractivity contribution in [1.82, 2.24) is 9.80 Å². The van der Waals surface area contributed by atoms with Crippen molar-refractivity contribution in [2.75, 3.05) is 44.4 Å². The van der Waals surface area contributed by atoms with E-state index in [2.05, 4.69) is 10.6 Å². The molecule has 2 aromatic rings. The Bertz CT molecular complexity index is 890. The van der Waals surface area contributed by atoms with Crippen LogP contribution in [0.25, 0.3) is 0 Å². The van der Waals surface area contributed by atoms with Gasteiger partial charge in [0.05, 0.1) is 6.54 Å². The lowest BCUT2D eigenvalue weighted by atomic mass is 10.1. The molecule has 0 saturated heterocycles. The van der Waals surface area contributed by atoms with Gasteiger partial charge in [-0.05, 0) is 62.2 Å². The maximum Gasteiger partial charge on any atom is 0.253 e. The molecule has 0 aliphatic rings. The quantitative estimate of drug-likeness (QED) is 0.614. The normalized spacial score (nSPS) is 10.3. The first-order chi connectivity index (χ1) is 14.8. The number of nitrogens with one attached hydrogen (secondary N) is 2. The Morgan fingerprint density at radius 1 is 0.903 bits per heavy atom. The molecular formula is C24H32N4O3. The fourth-order valence-electron chi connectivity index (χ4n) is 3.09. The highest BCUT2D eigenvalue weighted by molar-refractivity contribution is 5.95. The lowest BCUT2D eigenvalue weighted by Gasteiger charge is -2.18. The van der Waals surface area contributed by atoms with Crippen LogP contribution < -0.4 is 10.6 Å². The van der Waals surface area contributed by atoms with Crippen LogP contribution >= 0.6 is 0 Å². The lowest BCUT2D eigenvalue weighted by molar-refractivity contribution is -0.128. The van der Waals surface area contributed by atoms with Gasteiger partial charge in [-0.15, -0.1) is 0 Å². The number of anilines is 2. The van der Waals surface area contributed by atoms with Gasteiger partial charge >= 0.3 is 0 Å². The zero-order valence-electron chi connectivity index (χ0n) is 18.8. The predicted octanol–water partition coefficient (Wildman–Crippen LogP) is 3.24. The fraction of sp³-hybridized carbons (Fsp3) is 0.375. The SMILES string of the molecule is CCN(CC)C(=O)c1ccc(NCC(=O)Nc2cccc(CCC(=O)N(C)C)c2)cc1. The Labute approximate surface area is 184 Å². The molecule has 166 valence electrons. The van der Waals surface area contributed by atoms with Crippen LogP contribution in [0.5, 0.6) is 0 Å². The van der Waals surface area contributed by atoms with E-state index in [-0.39, 0.29) is 24.3 Å². The highest BCUT2D eigenvalue weighted by Crippen LogP contribution is 2.14. The van der Waals surface area contributed by atoms with Crippen molar-refractivity contribution in [2.45, 2.75) is 26.7 Å². The van der Waals surface area contributed by atoms with E-state index < -0.39 is 0 Å². The minimum absolute atomic E-state index is 0.00135. The van der Waals surface area contributed by atoms with Gasteiger partial charge in [-0.25, -0.2) is 0 Å². The minimum Gasteiger partial charge on any atom is -0.376 e. The summed E-state index contributed by atoms with van der Waals surface area (Å²) in [6, 6.07) is 14.6. The summed E-state index contributed by atoms with van der Waals surface area (Å²) in [5.41, 5.74) is 3.08. The second-order valence-electron chi connectivity index (χ2n) is 7.45. The maximum atomic E-state index is 12.4. The van der Waals surface area contributed by atoms with Crippen molar-refractivity contribution in [3.63, 3.8) is 0 Å². The second kappa shape index (κ2) is 11.7. The molecule has 0 spiro atoms. The summed E-state index contributed by atoms with van der Waals surface area (Å²) in [6.07, 6.45) is 1.05. The summed E-state index contributed by atoms with van der Waals surface area (Å²) >= 11 is 0. The molecule has 7 nitrogen and oxygen atoms in total. The topological polar surface area (TPSA) is 81.8 Å². The Hall–Kier alpha value is -3.35. The summed E-state index contributed by atoms with van der Waals surface area (Å²) in [5, 5.41) is 5.93. The number of hydrogen-bond donors (Lipinski definition) is 2. The van der Waals surface area contributed by atoms with Crippen LogP contribution in [0.2, 0.25) is 0 Å². The number of benzene rings is 2. The van der Waals surface area contributed by atoms with E-state index in [0.29, 0.717) is 37.2 Å². The second-order valence-corrected chi connectivity index (χ2v) is 7.45. The smallest absolute Gasteiger partial charge is 0.253 e. The third kappa shape index (κ3) is 7.44. The molecule has 0 radical (unpaired) electrons. The third-order valence-electron chi connectivity index (χ3n) is 4.97. The van der Waals surface area contributed by atoms with Gasteiger partial charge in [-0.3, -0.25) is 14.4 Å². The standard InChI is InChI=1S/C24H32N4O3/c1-5-28(6-2)24(31)19-11-13-20(14-12-19)25-17-22(29)26-21-9-7-8-18(16-21)10-15-23(30)27(3)4/h7-9,11-14,16,25H,5-6,10,15,17H2,1-4H3,(H,26,29). The van der Waals surface area contributed by atoms with E-state index in [0.717, 1.165) is 11.3 Å². The molecule has 0 aromatic heterocycles. The summed E-state index contributed by atoms with van der Waals surface area (Å²) in [6.45, 7) is 5.35. The van der Waals surface area contributed by atoms with E-state index in [1.807, 2.05) is 38.1 Å². The molecule has 0 unspecified atom stereocenters. The Kier molecular flexibility index (Phi) is 9.06. The van der Waals surface area contributed by atoms with Crippen LogP contribution in [0.1, 0.15) is 36.2 Å². The van der Waals surface area contributed by atoms with Gasteiger partial charge in [-0.2, -0.15) is 0 Å². The molecule has 0 aliphatic carbocycles. The van der Waals surface area contributed by atoms with Crippen molar-refractivity contribution in [3.05, 3.63) is 59.7 Å². The molecule has 3 amide bonds. The summed E-state index contributed by atoms with van der Waals surface area (Å²) in [7, 11) is 3.48. The van der Waals surface area contributed by atoms with Crippen LogP contribution in [0.15, 0.2) is 48.5 Å². The maximum absolute atomic E-state index is 12.4. The molecule has 0 saturated carbocycles. The lowest BCUT2D eigenvalue weighted by Crippen LogP contribution is -2.30. The highest BCUT2D eigenvalue weighted by Gasteiger charge is 2.12. The molecule has 31 heavy (non-hydrogen) atoms. The van der Waals surface area contributed by atoms with Crippen molar-refractivity contribution < 1.29 is 14.4 Å². The van der Waals surface area contributed by atoms with Gasteiger partial charge in [0, 0.05) is 50.5 Å². The molecule has 0 bridgehead atoms. The molecule has 0 fully saturated rings. The number of nitrogens with zero attached hydrogens (tertiary/aromatic N) is 2. The summed E-state index contributed by atoms with van der Waals surface area (Å²) in [5.74, 6) is -0.102. The predicted molar refractivity (Wildman–Crippen MR) is 124 cm³/mol. The number of aryl methyl sites for hydroxylation is 1. The number of carbonyl (C=O) groups excluding carboxylic acids is 3. The van der Waals surface area contributed by atoms with Gasteiger partial charge in [0.1, 0.15) is 0 Å². The molecule has 7 heteroatoms.